The van der Waals surface area contributed by atoms with Crippen molar-refractivity contribution in [3.8, 4) is 11.5 Å². The number of aryl methyl sites for hydroxylation is 2. The number of aliphatic hydroxyl groups excluding tert-OH is 2. The fraction of sp³-hybridized carbons (Fsp3) is 0.375. The van der Waals surface area contributed by atoms with Crippen LogP contribution in [0.2, 0.25) is 0 Å². The van der Waals surface area contributed by atoms with Gasteiger partial charge < -0.3 is 39.9 Å². The number of imidazole rings is 1. The number of nitrogens with zero attached hydrogens (tertiary/aromatic N) is 4. The number of hydrogen-bond donors (Lipinski definition) is 6. The van der Waals surface area contributed by atoms with Gasteiger partial charge in [-0.15, -0.1) is 0 Å². The molecule has 0 spiro atoms. The number of aliphatic hydroxyl groups is 3. The fourth-order valence-electron chi connectivity index (χ4n) is 4.01. The molecule has 1 fully saturated rings. The number of fused-ring (bicyclic) bond motifs is 1. The minimum atomic E-state index is -2.31. The zero-order valence-electron chi connectivity index (χ0n) is 22.1. The molecular weight excluding hydrogens is 559 g/mol. The molecule has 2 heterocycles. The second-order valence-electron chi connectivity index (χ2n) is 9.09. The third kappa shape index (κ3) is 7.08. The number of benzene rings is 1. The molecule has 4 unspecified atom stereocenters. The van der Waals surface area contributed by atoms with Crippen molar-refractivity contribution in [2.45, 2.75) is 36.8 Å². The van der Waals surface area contributed by atoms with Crippen molar-refractivity contribution < 1.29 is 96.3 Å². The Hall–Kier alpha value is -2.83. The number of hydrogen-bond acceptors (Lipinski definition) is 11. The number of carbonyl (C=O) groups is 2. The van der Waals surface area contributed by atoms with Gasteiger partial charge in [0.15, 0.2) is 28.3 Å². The fourth-order valence-corrected chi connectivity index (χ4v) is 4.01. The molecule has 1 aliphatic rings. The maximum Gasteiger partial charge on any atom is 1.00 e. The monoisotopic (exact) mass is 587 g/mol. The van der Waals surface area contributed by atoms with Gasteiger partial charge in [-0.05, 0) is 23.8 Å². The van der Waals surface area contributed by atoms with E-state index >= 15 is 0 Å². The van der Waals surface area contributed by atoms with Crippen molar-refractivity contribution in [2.24, 2.45) is 21.1 Å². The summed E-state index contributed by atoms with van der Waals surface area (Å²) >= 11 is 0. The van der Waals surface area contributed by atoms with Gasteiger partial charge in [-0.1, -0.05) is 6.07 Å². The number of carboxylic acid groups (broad SMARTS) is 1. The number of phenolic OH excluding ortho intramolecular Hbond substituents is 2. The SMILES string of the molecule is Cn1c(=O)c2c(ncn2C)n(C)c1=O.O=C(/C=C/c1ccc(O)c(O)c1)OC1CC(O)(C(=O)O)CC(O)C1O.[K+]. The number of carbonyl (C=O) groups excluding carboxylic acids is 1. The summed E-state index contributed by atoms with van der Waals surface area (Å²) in [6.45, 7) is 0. The van der Waals surface area contributed by atoms with Crippen LogP contribution < -0.4 is 62.6 Å². The molecule has 210 valence electrons. The summed E-state index contributed by atoms with van der Waals surface area (Å²) in [5.41, 5.74) is -1.76. The minimum absolute atomic E-state index is 0. The smallest absolute Gasteiger partial charge is 0.504 e. The largest absolute Gasteiger partial charge is 1.00 e. The molecule has 0 radical (unpaired) electrons. The molecule has 4 rings (SSSR count). The number of ether oxygens (including phenoxy) is 1. The predicted molar refractivity (Wildman–Crippen MR) is 134 cm³/mol. The average Bonchev–Trinajstić information content (AvgIpc) is 3.27. The van der Waals surface area contributed by atoms with Crippen LogP contribution in [0.15, 0.2) is 40.2 Å². The first kappa shape index (κ1) is 33.4. The first-order valence-electron chi connectivity index (χ1n) is 11.5. The molecule has 1 saturated carbocycles. The van der Waals surface area contributed by atoms with E-state index in [1.54, 1.807) is 18.7 Å². The zero-order valence-corrected chi connectivity index (χ0v) is 25.2. The van der Waals surface area contributed by atoms with Gasteiger partial charge in [-0.2, -0.15) is 0 Å². The maximum atomic E-state index is 11.8. The maximum absolute atomic E-state index is 11.8. The molecule has 3 aromatic rings. The van der Waals surface area contributed by atoms with Crippen LogP contribution >= 0.6 is 0 Å². The quantitative estimate of drug-likeness (QED) is 0.0733. The Kier molecular flexibility index (Phi) is 11.0. The van der Waals surface area contributed by atoms with Crippen molar-refractivity contribution in [1.82, 2.24) is 18.7 Å². The van der Waals surface area contributed by atoms with E-state index in [0.29, 0.717) is 16.7 Å². The molecular formula is C24H28KN4O11+. The number of rotatable bonds is 4. The first-order valence-corrected chi connectivity index (χ1v) is 11.5. The topological polar surface area (TPSA) is 227 Å². The van der Waals surface area contributed by atoms with E-state index in [-0.39, 0.29) is 74.1 Å². The number of esters is 1. The molecule has 16 heteroatoms. The van der Waals surface area contributed by atoms with Crippen LogP contribution in [-0.4, -0.2) is 85.2 Å². The summed E-state index contributed by atoms with van der Waals surface area (Å²) in [6, 6.07) is 3.83. The molecule has 0 amide bonds. The van der Waals surface area contributed by atoms with Crippen molar-refractivity contribution in [3.05, 3.63) is 57.0 Å². The Balaban J connectivity index is 0.000000316. The average molecular weight is 588 g/mol. The van der Waals surface area contributed by atoms with Gasteiger partial charge in [0, 0.05) is 40.1 Å². The van der Waals surface area contributed by atoms with Crippen LogP contribution in [0.25, 0.3) is 17.2 Å². The van der Waals surface area contributed by atoms with Crippen LogP contribution in [0.4, 0.5) is 0 Å². The van der Waals surface area contributed by atoms with Crippen molar-refractivity contribution in [2.75, 3.05) is 0 Å². The Labute approximate surface area is 268 Å². The van der Waals surface area contributed by atoms with Crippen LogP contribution in [0.5, 0.6) is 11.5 Å². The Bertz CT molecular complexity index is 1560. The molecule has 0 aliphatic heterocycles. The normalized spacial score (nSPS) is 22.3. The number of phenols is 2. The third-order valence-electron chi connectivity index (χ3n) is 6.25. The molecule has 1 aliphatic carbocycles. The van der Waals surface area contributed by atoms with Gasteiger partial charge in [-0.25, -0.2) is 19.4 Å². The van der Waals surface area contributed by atoms with Gasteiger partial charge >= 0.3 is 69.0 Å². The van der Waals surface area contributed by atoms with E-state index in [0.717, 1.165) is 10.6 Å². The van der Waals surface area contributed by atoms with E-state index in [1.165, 1.54) is 42.2 Å². The molecule has 15 nitrogen and oxygen atoms in total. The van der Waals surface area contributed by atoms with Gasteiger partial charge in [0.1, 0.15) is 12.2 Å². The van der Waals surface area contributed by atoms with E-state index in [9.17, 15) is 44.7 Å². The molecule has 0 bridgehead atoms. The minimum Gasteiger partial charge on any atom is -0.504 e. The predicted octanol–water partition coefficient (Wildman–Crippen LogP) is -4.67. The summed E-state index contributed by atoms with van der Waals surface area (Å²) in [5.74, 6) is -3.24. The second-order valence-corrected chi connectivity index (χ2v) is 9.09. The van der Waals surface area contributed by atoms with Crippen molar-refractivity contribution in [3.63, 3.8) is 0 Å². The Morgan fingerprint density at radius 3 is 2.33 bits per heavy atom. The second kappa shape index (κ2) is 13.2. The molecule has 6 N–H and O–H groups in total. The van der Waals surface area contributed by atoms with Crippen LogP contribution in [0.3, 0.4) is 0 Å². The molecule has 1 aromatic carbocycles. The van der Waals surface area contributed by atoms with Gasteiger partial charge in [-0.3, -0.25) is 13.9 Å². The third-order valence-corrected chi connectivity index (χ3v) is 6.25. The van der Waals surface area contributed by atoms with Crippen LogP contribution in [0, 0.1) is 0 Å². The van der Waals surface area contributed by atoms with Crippen molar-refractivity contribution in [1.29, 1.82) is 0 Å². The van der Waals surface area contributed by atoms with Crippen LogP contribution in [0.1, 0.15) is 18.4 Å². The van der Waals surface area contributed by atoms with Crippen molar-refractivity contribution >= 4 is 29.2 Å². The summed E-state index contributed by atoms with van der Waals surface area (Å²) < 4.78 is 8.96. The van der Waals surface area contributed by atoms with E-state index in [2.05, 4.69) is 4.98 Å². The summed E-state index contributed by atoms with van der Waals surface area (Å²) in [6.07, 6.45) is -1.92. The van der Waals surface area contributed by atoms with Crippen LogP contribution in [-0.2, 0) is 35.5 Å². The van der Waals surface area contributed by atoms with Gasteiger partial charge in [0.2, 0.25) is 0 Å². The number of aromatic nitrogens is 4. The van der Waals surface area contributed by atoms with E-state index in [1.807, 2.05) is 0 Å². The first-order chi connectivity index (χ1) is 18.2. The summed E-state index contributed by atoms with van der Waals surface area (Å²) in [5, 5.41) is 57.0. The number of aliphatic carboxylic acids is 1. The van der Waals surface area contributed by atoms with E-state index in [4.69, 9.17) is 9.84 Å². The molecule has 2 aromatic heterocycles. The molecule has 0 saturated heterocycles. The number of aromatic hydroxyl groups is 2. The molecule has 40 heavy (non-hydrogen) atoms. The van der Waals surface area contributed by atoms with E-state index < -0.39 is 48.7 Å². The zero-order chi connectivity index (χ0) is 29.2. The summed E-state index contributed by atoms with van der Waals surface area (Å²) in [7, 11) is 4.77. The Morgan fingerprint density at radius 1 is 1.07 bits per heavy atom. The summed E-state index contributed by atoms with van der Waals surface area (Å²) in [4.78, 5) is 50.1. The van der Waals surface area contributed by atoms with Gasteiger partial charge in [0.05, 0.1) is 12.4 Å². The standard InChI is InChI=1S/C16H18O9.C8H10N4O2.K/c17-9-3-1-8(5-10(9)18)2-4-13(20)25-12-7-16(24,15(22)23)6-11(19)14(12)21;1-10-4-9-6-5(10)7(13)12(3)8(14)11(6)2;/h1-5,11-12,14,17-19,21,24H,6-7H2,(H,22,23);4H,1-3H3;/q;;+1/b4-2+;;. The molecule has 4 atom stereocenters. The Morgan fingerprint density at radius 2 is 1.73 bits per heavy atom. The van der Waals surface area contributed by atoms with Gasteiger partial charge in [0.25, 0.3) is 5.56 Å². The number of carboxylic acids is 1.